The van der Waals surface area contributed by atoms with Gasteiger partial charge in [-0.05, 0) is 36.1 Å². The van der Waals surface area contributed by atoms with E-state index in [0.717, 1.165) is 22.2 Å². The zero-order valence-electron chi connectivity index (χ0n) is 18.4. The molecule has 31 heavy (non-hydrogen) atoms. The van der Waals surface area contributed by atoms with Crippen molar-refractivity contribution in [3.8, 4) is 0 Å². The number of likely N-dealkylation sites (tertiary alicyclic amines) is 1. The van der Waals surface area contributed by atoms with Crippen molar-refractivity contribution in [1.29, 1.82) is 0 Å². The van der Waals surface area contributed by atoms with Crippen molar-refractivity contribution >= 4 is 22.8 Å². The SMILES string of the molecule is CC(C)(C)C(=O)N1CCC(C(=O)NC(c2ccccc2)c2ccc3nc[nH]c3c2)CC1. The van der Waals surface area contributed by atoms with Crippen LogP contribution in [0, 0.1) is 11.3 Å². The van der Waals surface area contributed by atoms with E-state index in [4.69, 9.17) is 0 Å². The van der Waals surface area contributed by atoms with Crippen molar-refractivity contribution in [2.45, 2.75) is 39.7 Å². The molecular formula is C25H30N4O2. The summed E-state index contributed by atoms with van der Waals surface area (Å²) in [5.74, 6) is 0.105. The van der Waals surface area contributed by atoms with Gasteiger partial charge in [-0.15, -0.1) is 0 Å². The molecule has 1 atom stereocenters. The third kappa shape index (κ3) is 4.63. The molecule has 1 aliphatic heterocycles. The van der Waals surface area contributed by atoms with Gasteiger partial charge < -0.3 is 15.2 Å². The van der Waals surface area contributed by atoms with Crippen LogP contribution in [0.1, 0.15) is 50.8 Å². The highest BCUT2D eigenvalue weighted by atomic mass is 16.2. The van der Waals surface area contributed by atoms with Crippen LogP contribution in [0.5, 0.6) is 0 Å². The van der Waals surface area contributed by atoms with Gasteiger partial charge in [0.1, 0.15) is 0 Å². The lowest BCUT2D eigenvalue weighted by molar-refractivity contribution is -0.142. The summed E-state index contributed by atoms with van der Waals surface area (Å²) in [6.45, 7) is 7.08. The number of imidazole rings is 1. The number of aromatic amines is 1. The molecule has 1 fully saturated rings. The minimum atomic E-state index is -0.390. The Morgan fingerprint density at radius 3 is 2.45 bits per heavy atom. The summed E-state index contributed by atoms with van der Waals surface area (Å²) >= 11 is 0. The molecule has 2 heterocycles. The van der Waals surface area contributed by atoms with Crippen LogP contribution in [0.2, 0.25) is 0 Å². The monoisotopic (exact) mass is 418 g/mol. The molecule has 1 saturated heterocycles. The first-order chi connectivity index (χ1) is 14.8. The standard InChI is InChI=1S/C25H30N4O2/c1-25(2,3)24(31)29-13-11-18(12-14-29)23(30)28-22(17-7-5-4-6-8-17)19-9-10-20-21(15-19)27-16-26-20/h4-10,15-16,18,22H,11-14H2,1-3H3,(H,26,27)(H,28,30). The van der Waals surface area contributed by atoms with Crippen LogP contribution in [0.3, 0.4) is 0 Å². The fraction of sp³-hybridized carbons (Fsp3) is 0.400. The van der Waals surface area contributed by atoms with Gasteiger partial charge in [0, 0.05) is 24.4 Å². The highest BCUT2D eigenvalue weighted by Gasteiger charge is 2.33. The normalized spacial score (nSPS) is 16.3. The van der Waals surface area contributed by atoms with Crippen LogP contribution in [-0.2, 0) is 9.59 Å². The average molecular weight is 419 g/mol. The van der Waals surface area contributed by atoms with Gasteiger partial charge in [-0.1, -0.05) is 57.2 Å². The lowest BCUT2D eigenvalue weighted by Crippen LogP contribution is -2.47. The number of fused-ring (bicyclic) bond motifs is 1. The van der Waals surface area contributed by atoms with Gasteiger partial charge in [-0.2, -0.15) is 0 Å². The molecule has 1 aromatic heterocycles. The molecule has 6 heteroatoms. The van der Waals surface area contributed by atoms with Gasteiger partial charge in [0.05, 0.1) is 23.4 Å². The van der Waals surface area contributed by atoms with E-state index in [1.165, 1.54) is 0 Å². The summed E-state index contributed by atoms with van der Waals surface area (Å²) in [7, 11) is 0. The van der Waals surface area contributed by atoms with E-state index in [-0.39, 0.29) is 23.8 Å². The van der Waals surface area contributed by atoms with Crippen molar-refractivity contribution in [3.63, 3.8) is 0 Å². The van der Waals surface area contributed by atoms with E-state index >= 15 is 0 Å². The van der Waals surface area contributed by atoms with Gasteiger partial charge in [-0.25, -0.2) is 4.98 Å². The first-order valence-electron chi connectivity index (χ1n) is 10.9. The second-order valence-corrected chi connectivity index (χ2v) is 9.35. The number of benzene rings is 2. The Balaban J connectivity index is 1.50. The predicted molar refractivity (Wildman–Crippen MR) is 121 cm³/mol. The molecule has 162 valence electrons. The van der Waals surface area contributed by atoms with E-state index in [1.54, 1.807) is 6.33 Å². The number of aromatic nitrogens is 2. The Bertz CT molecular complexity index is 1060. The first-order valence-corrected chi connectivity index (χ1v) is 10.9. The number of amides is 2. The van der Waals surface area contributed by atoms with Crippen LogP contribution in [0.25, 0.3) is 11.0 Å². The van der Waals surface area contributed by atoms with E-state index in [9.17, 15) is 9.59 Å². The second-order valence-electron chi connectivity index (χ2n) is 9.35. The number of rotatable bonds is 4. The molecule has 1 unspecified atom stereocenters. The number of carbonyl (C=O) groups excluding carboxylic acids is 2. The molecule has 2 aromatic carbocycles. The lowest BCUT2D eigenvalue weighted by atomic mass is 9.90. The van der Waals surface area contributed by atoms with Gasteiger partial charge >= 0.3 is 0 Å². The number of H-pyrrole nitrogens is 1. The summed E-state index contributed by atoms with van der Waals surface area (Å²) in [6, 6.07) is 15.8. The lowest BCUT2D eigenvalue weighted by Gasteiger charge is -2.35. The summed E-state index contributed by atoms with van der Waals surface area (Å²) in [5.41, 5.74) is 3.50. The molecule has 0 saturated carbocycles. The van der Waals surface area contributed by atoms with E-state index in [0.29, 0.717) is 25.9 Å². The Morgan fingerprint density at radius 2 is 1.77 bits per heavy atom. The number of nitrogens with zero attached hydrogens (tertiary/aromatic N) is 2. The van der Waals surface area contributed by atoms with Crippen molar-refractivity contribution < 1.29 is 9.59 Å². The van der Waals surface area contributed by atoms with Crippen LogP contribution in [0.15, 0.2) is 54.9 Å². The van der Waals surface area contributed by atoms with Gasteiger partial charge in [0.25, 0.3) is 0 Å². The van der Waals surface area contributed by atoms with E-state index in [1.807, 2.05) is 74.2 Å². The average Bonchev–Trinajstić information content (AvgIpc) is 3.25. The Kier molecular flexibility index (Phi) is 5.81. The Labute approximate surface area is 183 Å². The summed E-state index contributed by atoms with van der Waals surface area (Å²) < 4.78 is 0. The minimum Gasteiger partial charge on any atom is -0.345 e. The first kappa shape index (κ1) is 21.1. The van der Waals surface area contributed by atoms with Crippen molar-refractivity contribution in [2.24, 2.45) is 11.3 Å². The topological polar surface area (TPSA) is 78.1 Å². The maximum Gasteiger partial charge on any atom is 0.227 e. The molecule has 0 bridgehead atoms. The summed E-state index contributed by atoms with van der Waals surface area (Å²) in [4.78, 5) is 35.1. The third-order valence-corrected chi connectivity index (χ3v) is 5.99. The quantitative estimate of drug-likeness (QED) is 0.671. The Morgan fingerprint density at radius 1 is 1.06 bits per heavy atom. The molecule has 0 radical (unpaired) electrons. The molecular weight excluding hydrogens is 388 g/mol. The van der Waals surface area contributed by atoms with Gasteiger partial charge in [0.2, 0.25) is 11.8 Å². The fourth-order valence-corrected chi connectivity index (χ4v) is 4.22. The molecule has 1 aliphatic rings. The highest BCUT2D eigenvalue weighted by Crippen LogP contribution is 2.27. The summed E-state index contributed by atoms with van der Waals surface area (Å²) in [6.07, 6.45) is 3.06. The van der Waals surface area contributed by atoms with E-state index in [2.05, 4.69) is 15.3 Å². The van der Waals surface area contributed by atoms with Crippen LogP contribution >= 0.6 is 0 Å². The molecule has 2 amide bonds. The molecule has 6 nitrogen and oxygen atoms in total. The number of piperidine rings is 1. The zero-order valence-corrected chi connectivity index (χ0v) is 18.4. The fourth-order valence-electron chi connectivity index (χ4n) is 4.22. The minimum absolute atomic E-state index is 0.0430. The highest BCUT2D eigenvalue weighted by molar-refractivity contribution is 5.83. The number of nitrogens with one attached hydrogen (secondary N) is 2. The Hall–Kier alpha value is -3.15. The molecule has 4 rings (SSSR count). The molecule has 3 aromatic rings. The van der Waals surface area contributed by atoms with Crippen LogP contribution < -0.4 is 5.32 Å². The van der Waals surface area contributed by atoms with Crippen molar-refractivity contribution in [1.82, 2.24) is 20.2 Å². The summed E-state index contributed by atoms with van der Waals surface area (Å²) in [5, 5.41) is 3.27. The third-order valence-electron chi connectivity index (χ3n) is 5.99. The number of hydrogen-bond acceptors (Lipinski definition) is 3. The largest absolute Gasteiger partial charge is 0.345 e. The van der Waals surface area contributed by atoms with Gasteiger partial charge in [-0.3, -0.25) is 9.59 Å². The van der Waals surface area contributed by atoms with Crippen molar-refractivity contribution in [3.05, 3.63) is 66.0 Å². The maximum atomic E-state index is 13.2. The zero-order chi connectivity index (χ0) is 22.0. The van der Waals surface area contributed by atoms with E-state index < -0.39 is 5.41 Å². The van der Waals surface area contributed by atoms with Crippen molar-refractivity contribution in [2.75, 3.05) is 13.1 Å². The molecule has 0 aliphatic carbocycles. The molecule has 2 N–H and O–H groups in total. The molecule has 0 spiro atoms. The smallest absolute Gasteiger partial charge is 0.227 e. The van der Waals surface area contributed by atoms with Crippen LogP contribution in [-0.4, -0.2) is 39.8 Å². The maximum absolute atomic E-state index is 13.2. The van der Waals surface area contributed by atoms with Gasteiger partial charge in [0.15, 0.2) is 0 Å². The predicted octanol–water partition coefficient (Wildman–Crippen LogP) is 4.05. The number of hydrogen-bond donors (Lipinski definition) is 2. The number of carbonyl (C=O) groups is 2. The second kappa shape index (κ2) is 8.53. The van der Waals surface area contributed by atoms with Crippen LogP contribution in [0.4, 0.5) is 0 Å².